The predicted molar refractivity (Wildman–Crippen MR) is 34.7 cm³/mol. The third kappa shape index (κ3) is 5.72. The highest BCUT2D eigenvalue weighted by Crippen LogP contribution is 1.76. The van der Waals surface area contributed by atoms with E-state index in [1.807, 2.05) is 6.92 Å². The molecule has 0 saturated carbocycles. The van der Waals surface area contributed by atoms with E-state index in [-0.39, 0.29) is 12.6 Å². The Labute approximate surface area is 54.7 Å². The summed E-state index contributed by atoms with van der Waals surface area (Å²) in [6.45, 7) is 2.56. The summed E-state index contributed by atoms with van der Waals surface area (Å²) in [6.07, 6.45) is -1.28. The lowest BCUT2D eigenvalue weighted by atomic mass is 10.3. The largest absolute Gasteiger partial charge is 0.367 e. The summed E-state index contributed by atoms with van der Waals surface area (Å²) in [5, 5.41) is 19.5. The van der Waals surface area contributed by atoms with Crippen molar-refractivity contribution in [3.8, 4) is 0 Å². The minimum Gasteiger partial charge on any atom is -0.367 e. The lowest BCUT2D eigenvalue weighted by molar-refractivity contribution is -0.0384. The number of hydrogen-bond donors (Lipinski definition) is 4. The Hall–Kier alpha value is -0.160. The second-order valence-corrected chi connectivity index (χ2v) is 2.03. The Morgan fingerprint density at radius 2 is 2.11 bits per heavy atom. The van der Waals surface area contributed by atoms with Crippen LogP contribution in [-0.4, -0.2) is 35.6 Å². The maximum atomic E-state index is 8.35. The smallest absolute Gasteiger partial charge is 0.164 e. The third-order valence-electron chi connectivity index (χ3n) is 1.00. The molecule has 0 aliphatic heterocycles. The van der Waals surface area contributed by atoms with Crippen molar-refractivity contribution in [3.63, 3.8) is 0 Å². The van der Waals surface area contributed by atoms with E-state index in [9.17, 15) is 0 Å². The highest BCUT2D eigenvalue weighted by Gasteiger charge is 1.99. The van der Waals surface area contributed by atoms with E-state index in [4.69, 9.17) is 15.9 Å². The minimum absolute atomic E-state index is 0.145. The first kappa shape index (κ1) is 8.84. The first-order chi connectivity index (χ1) is 4.16. The molecule has 0 aromatic heterocycles. The second kappa shape index (κ2) is 4.69. The summed E-state index contributed by atoms with van der Waals surface area (Å²) in [5.74, 6) is 0. The highest BCUT2D eigenvalue weighted by atomic mass is 16.5. The van der Waals surface area contributed by atoms with Gasteiger partial charge in [-0.15, -0.1) is 0 Å². The average molecular weight is 134 g/mol. The van der Waals surface area contributed by atoms with Crippen molar-refractivity contribution in [1.82, 2.24) is 5.32 Å². The average Bonchev–Trinajstić information content (AvgIpc) is 1.83. The number of nitrogens with one attached hydrogen (secondary N) is 1. The number of aliphatic hydroxyl groups excluding tert-OH is 1. The lowest BCUT2D eigenvalue weighted by Crippen LogP contribution is -2.38. The van der Waals surface area contributed by atoms with E-state index in [1.165, 1.54) is 0 Å². The summed E-state index contributed by atoms with van der Waals surface area (Å²) in [7, 11) is 0. The van der Waals surface area contributed by atoms with Crippen LogP contribution in [0.25, 0.3) is 0 Å². The molecule has 4 heteroatoms. The van der Waals surface area contributed by atoms with Gasteiger partial charge in [0.15, 0.2) is 6.29 Å². The Balaban J connectivity index is 3.06. The quantitative estimate of drug-likeness (QED) is 0.343. The maximum Gasteiger partial charge on any atom is 0.164 e. The number of hydrogen-bond acceptors (Lipinski definition) is 4. The molecule has 9 heavy (non-hydrogen) atoms. The van der Waals surface area contributed by atoms with E-state index < -0.39 is 6.29 Å². The first-order valence-electron chi connectivity index (χ1n) is 2.96. The van der Waals surface area contributed by atoms with Gasteiger partial charge in [-0.2, -0.15) is 0 Å². The number of aliphatic hydroxyl groups is 2. The first-order valence-corrected chi connectivity index (χ1v) is 2.96. The van der Waals surface area contributed by atoms with Gasteiger partial charge in [0.1, 0.15) is 0 Å². The van der Waals surface area contributed by atoms with Crippen molar-refractivity contribution in [2.45, 2.75) is 19.3 Å². The Kier molecular flexibility index (Phi) is 4.61. The van der Waals surface area contributed by atoms with Crippen LogP contribution in [0.3, 0.4) is 0 Å². The summed E-state index contributed by atoms with van der Waals surface area (Å²) < 4.78 is 0. The monoisotopic (exact) mass is 134 g/mol. The van der Waals surface area contributed by atoms with Crippen LogP contribution in [0.1, 0.15) is 6.92 Å². The molecule has 4 nitrogen and oxygen atoms in total. The van der Waals surface area contributed by atoms with Crippen LogP contribution in [0.2, 0.25) is 0 Å². The molecule has 0 rings (SSSR count). The summed E-state index contributed by atoms with van der Waals surface area (Å²) in [5.41, 5.74) is 5.23. The zero-order valence-corrected chi connectivity index (χ0v) is 5.54. The molecular formula is C5H14N2O2. The molecule has 0 bridgehead atoms. The van der Waals surface area contributed by atoms with E-state index in [0.717, 1.165) is 0 Å². The van der Waals surface area contributed by atoms with Gasteiger partial charge in [-0.1, -0.05) is 0 Å². The Bertz CT molecular complexity index is 68.0. The Morgan fingerprint density at radius 1 is 1.56 bits per heavy atom. The van der Waals surface area contributed by atoms with Crippen LogP contribution in [-0.2, 0) is 0 Å². The molecule has 1 atom stereocenters. The molecule has 0 amide bonds. The van der Waals surface area contributed by atoms with Gasteiger partial charge < -0.3 is 21.3 Å². The number of rotatable bonds is 4. The lowest BCUT2D eigenvalue weighted by Gasteiger charge is -2.11. The SMILES string of the molecule is CC(CN)NCC(O)O. The van der Waals surface area contributed by atoms with Gasteiger partial charge in [-0.05, 0) is 6.92 Å². The van der Waals surface area contributed by atoms with Crippen molar-refractivity contribution < 1.29 is 10.2 Å². The third-order valence-corrected chi connectivity index (χ3v) is 1.00. The van der Waals surface area contributed by atoms with Crippen molar-refractivity contribution >= 4 is 0 Å². The summed E-state index contributed by atoms with van der Waals surface area (Å²) in [4.78, 5) is 0. The fourth-order valence-electron chi connectivity index (χ4n) is 0.390. The van der Waals surface area contributed by atoms with E-state index in [1.54, 1.807) is 0 Å². The van der Waals surface area contributed by atoms with Gasteiger partial charge in [0, 0.05) is 19.1 Å². The zero-order chi connectivity index (χ0) is 7.28. The summed E-state index contributed by atoms with van der Waals surface area (Å²) in [6, 6.07) is 0.145. The van der Waals surface area contributed by atoms with Gasteiger partial charge in [0.25, 0.3) is 0 Å². The molecule has 0 fully saturated rings. The van der Waals surface area contributed by atoms with Crippen LogP contribution in [0, 0.1) is 0 Å². The molecule has 0 radical (unpaired) electrons. The number of nitrogens with two attached hydrogens (primary N) is 1. The maximum absolute atomic E-state index is 8.35. The topological polar surface area (TPSA) is 78.5 Å². The minimum atomic E-state index is -1.28. The molecule has 0 aromatic carbocycles. The van der Waals surface area contributed by atoms with Crippen molar-refractivity contribution in [2.75, 3.05) is 13.1 Å². The van der Waals surface area contributed by atoms with Crippen LogP contribution in [0.4, 0.5) is 0 Å². The molecule has 5 N–H and O–H groups in total. The second-order valence-electron chi connectivity index (χ2n) is 2.03. The van der Waals surface area contributed by atoms with Gasteiger partial charge in [0.05, 0.1) is 0 Å². The standard InChI is InChI=1S/C5H14N2O2/c1-4(2-6)7-3-5(8)9/h4-5,7-9H,2-3,6H2,1H3. The molecule has 0 aliphatic rings. The van der Waals surface area contributed by atoms with Crippen molar-refractivity contribution in [3.05, 3.63) is 0 Å². The molecule has 0 spiro atoms. The Morgan fingerprint density at radius 3 is 2.44 bits per heavy atom. The van der Waals surface area contributed by atoms with Crippen molar-refractivity contribution in [1.29, 1.82) is 0 Å². The van der Waals surface area contributed by atoms with Gasteiger partial charge in [-0.3, -0.25) is 0 Å². The van der Waals surface area contributed by atoms with Crippen LogP contribution in [0.15, 0.2) is 0 Å². The van der Waals surface area contributed by atoms with Crippen LogP contribution in [0.5, 0.6) is 0 Å². The van der Waals surface area contributed by atoms with Gasteiger partial charge in [0.2, 0.25) is 0 Å². The van der Waals surface area contributed by atoms with E-state index in [2.05, 4.69) is 5.32 Å². The van der Waals surface area contributed by atoms with Crippen LogP contribution >= 0.6 is 0 Å². The molecular weight excluding hydrogens is 120 g/mol. The fourth-order valence-corrected chi connectivity index (χ4v) is 0.390. The predicted octanol–water partition coefficient (Wildman–Crippen LogP) is -1.77. The highest BCUT2D eigenvalue weighted by molar-refractivity contribution is 4.59. The molecule has 0 heterocycles. The van der Waals surface area contributed by atoms with Gasteiger partial charge in [-0.25, -0.2) is 0 Å². The fraction of sp³-hybridized carbons (Fsp3) is 1.00. The summed E-state index contributed by atoms with van der Waals surface area (Å²) >= 11 is 0. The van der Waals surface area contributed by atoms with E-state index in [0.29, 0.717) is 6.54 Å². The molecule has 1 unspecified atom stereocenters. The molecule has 0 saturated heterocycles. The van der Waals surface area contributed by atoms with E-state index >= 15 is 0 Å². The normalized spacial score (nSPS) is 14.3. The molecule has 0 aliphatic carbocycles. The van der Waals surface area contributed by atoms with Crippen LogP contribution < -0.4 is 11.1 Å². The molecule has 0 aromatic rings. The van der Waals surface area contributed by atoms with Gasteiger partial charge >= 0.3 is 0 Å². The molecule has 56 valence electrons. The zero-order valence-electron chi connectivity index (χ0n) is 5.54. The van der Waals surface area contributed by atoms with Crippen molar-refractivity contribution in [2.24, 2.45) is 5.73 Å².